The summed E-state index contributed by atoms with van der Waals surface area (Å²) in [6.45, 7) is 3.07. The molecule has 0 radical (unpaired) electrons. The van der Waals surface area contributed by atoms with Gasteiger partial charge in [-0.05, 0) is 42.9 Å². The molecule has 0 heterocycles. The van der Waals surface area contributed by atoms with Crippen LogP contribution in [0.1, 0.15) is 57.4 Å². The summed E-state index contributed by atoms with van der Waals surface area (Å²) in [5, 5.41) is 3.60. The molecule has 19 heavy (non-hydrogen) atoms. The van der Waals surface area contributed by atoms with E-state index in [1.165, 1.54) is 51.0 Å². The Kier molecular flexibility index (Phi) is 5.84. The number of hydrogen-bond acceptors (Lipinski definition) is 1. The quantitative estimate of drug-likeness (QED) is 0.762. The third kappa shape index (κ3) is 4.94. The second-order valence-corrected chi connectivity index (χ2v) is 5.87. The van der Waals surface area contributed by atoms with E-state index in [1.54, 1.807) is 12.1 Å². The molecule has 0 bridgehead atoms. The molecule has 1 aromatic rings. The van der Waals surface area contributed by atoms with Crippen LogP contribution in [0, 0.1) is 11.7 Å². The summed E-state index contributed by atoms with van der Waals surface area (Å²) in [5.74, 6) is 0.800. The summed E-state index contributed by atoms with van der Waals surface area (Å²) >= 11 is 0. The monoisotopic (exact) mass is 263 g/mol. The Morgan fingerprint density at radius 1 is 1.21 bits per heavy atom. The first kappa shape index (κ1) is 14.5. The Labute approximate surface area is 116 Å². The van der Waals surface area contributed by atoms with Crippen LogP contribution in [0.3, 0.4) is 0 Å². The molecule has 0 saturated heterocycles. The number of benzene rings is 1. The lowest BCUT2D eigenvalue weighted by Crippen LogP contribution is -2.28. The molecule has 106 valence electrons. The van der Waals surface area contributed by atoms with Gasteiger partial charge in [-0.15, -0.1) is 0 Å². The molecule has 2 heteroatoms. The zero-order valence-corrected chi connectivity index (χ0v) is 12.0. The van der Waals surface area contributed by atoms with Gasteiger partial charge in [-0.25, -0.2) is 4.39 Å². The first-order valence-electron chi connectivity index (χ1n) is 7.75. The van der Waals surface area contributed by atoms with Crippen LogP contribution < -0.4 is 5.32 Å². The maximum Gasteiger partial charge on any atom is 0.123 e. The predicted octanol–water partition coefficient (Wildman–Crippen LogP) is 4.66. The molecule has 2 rings (SSSR count). The van der Waals surface area contributed by atoms with E-state index in [0.29, 0.717) is 6.04 Å². The van der Waals surface area contributed by atoms with Crippen LogP contribution in [-0.2, 0) is 6.54 Å². The lowest BCUT2D eigenvalue weighted by atomic mass is 9.95. The predicted molar refractivity (Wildman–Crippen MR) is 78.5 cm³/mol. The molecule has 0 aromatic heterocycles. The Morgan fingerprint density at radius 2 is 2.11 bits per heavy atom. The normalized spacial score (nSPS) is 24.1. The van der Waals surface area contributed by atoms with Crippen molar-refractivity contribution in [2.24, 2.45) is 5.92 Å². The summed E-state index contributed by atoms with van der Waals surface area (Å²) in [5.41, 5.74) is 1.05. The number of hydrogen-bond donors (Lipinski definition) is 1. The van der Waals surface area contributed by atoms with Crippen molar-refractivity contribution in [3.63, 3.8) is 0 Å². The standard InChI is InChI=1S/C17H26FN/c1-2-5-14-6-4-9-17(11-10-14)19-13-15-7-3-8-16(18)12-15/h3,7-8,12,14,17,19H,2,4-6,9-11,13H2,1H3. The molecule has 1 N–H and O–H groups in total. The maximum absolute atomic E-state index is 13.1. The van der Waals surface area contributed by atoms with Crippen LogP contribution in [-0.4, -0.2) is 6.04 Å². The first-order chi connectivity index (χ1) is 9.28. The molecule has 1 aliphatic carbocycles. The molecule has 1 fully saturated rings. The van der Waals surface area contributed by atoms with Crippen molar-refractivity contribution in [3.8, 4) is 0 Å². The van der Waals surface area contributed by atoms with Gasteiger partial charge in [0, 0.05) is 12.6 Å². The fourth-order valence-electron chi connectivity index (χ4n) is 3.19. The zero-order valence-electron chi connectivity index (χ0n) is 12.0. The number of nitrogens with one attached hydrogen (secondary N) is 1. The van der Waals surface area contributed by atoms with Crippen molar-refractivity contribution < 1.29 is 4.39 Å². The van der Waals surface area contributed by atoms with Crippen molar-refractivity contribution >= 4 is 0 Å². The lowest BCUT2D eigenvalue weighted by Gasteiger charge is -2.17. The SMILES string of the molecule is CCCC1CCCC(NCc2cccc(F)c2)CC1. The van der Waals surface area contributed by atoms with Gasteiger partial charge in [0.2, 0.25) is 0 Å². The minimum absolute atomic E-state index is 0.136. The van der Waals surface area contributed by atoms with Gasteiger partial charge < -0.3 is 5.32 Å². The van der Waals surface area contributed by atoms with Gasteiger partial charge in [0.25, 0.3) is 0 Å². The van der Waals surface area contributed by atoms with E-state index >= 15 is 0 Å². The lowest BCUT2D eigenvalue weighted by molar-refractivity contribution is 0.409. The van der Waals surface area contributed by atoms with Crippen LogP contribution in [0.2, 0.25) is 0 Å². The highest BCUT2D eigenvalue weighted by atomic mass is 19.1. The van der Waals surface area contributed by atoms with Crippen molar-refractivity contribution in [3.05, 3.63) is 35.6 Å². The highest BCUT2D eigenvalue weighted by molar-refractivity contribution is 5.16. The molecule has 1 saturated carbocycles. The van der Waals surface area contributed by atoms with Crippen molar-refractivity contribution in [2.45, 2.75) is 64.5 Å². The largest absolute Gasteiger partial charge is 0.310 e. The zero-order chi connectivity index (χ0) is 13.5. The van der Waals surface area contributed by atoms with Gasteiger partial charge in [0.1, 0.15) is 5.82 Å². The molecule has 2 unspecified atom stereocenters. The Bertz CT molecular complexity index is 377. The smallest absolute Gasteiger partial charge is 0.123 e. The Morgan fingerprint density at radius 3 is 2.89 bits per heavy atom. The van der Waals surface area contributed by atoms with Gasteiger partial charge in [0.05, 0.1) is 0 Å². The van der Waals surface area contributed by atoms with Crippen molar-refractivity contribution in [2.75, 3.05) is 0 Å². The van der Waals surface area contributed by atoms with E-state index in [0.717, 1.165) is 18.0 Å². The van der Waals surface area contributed by atoms with Gasteiger partial charge in [-0.1, -0.05) is 44.7 Å². The van der Waals surface area contributed by atoms with Crippen LogP contribution in [0.4, 0.5) is 4.39 Å². The fourth-order valence-corrected chi connectivity index (χ4v) is 3.19. The highest BCUT2D eigenvalue weighted by Gasteiger charge is 2.17. The summed E-state index contributed by atoms with van der Waals surface area (Å²) in [6, 6.07) is 7.53. The van der Waals surface area contributed by atoms with Gasteiger partial charge in [-0.3, -0.25) is 0 Å². The van der Waals surface area contributed by atoms with Crippen LogP contribution in [0.15, 0.2) is 24.3 Å². The van der Waals surface area contributed by atoms with Gasteiger partial charge in [-0.2, -0.15) is 0 Å². The Balaban J connectivity index is 1.77. The third-order valence-corrected chi connectivity index (χ3v) is 4.27. The average Bonchev–Trinajstić information content (AvgIpc) is 2.63. The van der Waals surface area contributed by atoms with Crippen molar-refractivity contribution in [1.82, 2.24) is 5.32 Å². The maximum atomic E-state index is 13.1. The van der Waals surface area contributed by atoms with Crippen LogP contribution in [0.25, 0.3) is 0 Å². The summed E-state index contributed by atoms with van der Waals surface area (Å²) in [6.07, 6.45) is 9.34. The molecule has 2 atom stereocenters. The van der Waals surface area contributed by atoms with E-state index in [-0.39, 0.29) is 5.82 Å². The topological polar surface area (TPSA) is 12.0 Å². The van der Waals surface area contributed by atoms with Crippen molar-refractivity contribution in [1.29, 1.82) is 0 Å². The van der Waals surface area contributed by atoms with Crippen LogP contribution >= 0.6 is 0 Å². The number of rotatable bonds is 5. The van der Waals surface area contributed by atoms with Crippen LogP contribution in [0.5, 0.6) is 0 Å². The molecule has 0 spiro atoms. The van der Waals surface area contributed by atoms with E-state index in [9.17, 15) is 4.39 Å². The molecular weight excluding hydrogens is 237 g/mol. The van der Waals surface area contributed by atoms with E-state index in [2.05, 4.69) is 12.2 Å². The van der Waals surface area contributed by atoms with Gasteiger partial charge in [0.15, 0.2) is 0 Å². The molecule has 1 aromatic carbocycles. The third-order valence-electron chi connectivity index (χ3n) is 4.27. The Hall–Kier alpha value is -0.890. The number of halogens is 1. The molecule has 0 aliphatic heterocycles. The average molecular weight is 263 g/mol. The molecular formula is C17H26FN. The van der Waals surface area contributed by atoms with Gasteiger partial charge >= 0.3 is 0 Å². The minimum atomic E-state index is -0.136. The van der Waals surface area contributed by atoms with E-state index in [1.807, 2.05) is 6.07 Å². The molecule has 1 aliphatic rings. The second kappa shape index (κ2) is 7.64. The summed E-state index contributed by atoms with van der Waals surface area (Å²) in [4.78, 5) is 0. The minimum Gasteiger partial charge on any atom is -0.310 e. The fraction of sp³-hybridized carbons (Fsp3) is 0.647. The van der Waals surface area contributed by atoms with E-state index < -0.39 is 0 Å². The molecule has 1 nitrogen and oxygen atoms in total. The summed E-state index contributed by atoms with van der Waals surface area (Å²) in [7, 11) is 0. The first-order valence-corrected chi connectivity index (χ1v) is 7.75. The molecule has 0 amide bonds. The second-order valence-electron chi connectivity index (χ2n) is 5.87. The van der Waals surface area contributed by atoms with E-state index in [4.69, 9.17) is 0 Å². The highest BCUT2D eigenvalue weighted by Crippen LogP contribution is 2.26. The summed E-state index contributed by atoms with van der Waals surface area (Å²) < 4.78 is 13.1.